The standard InChI is InChI=1S/C13H18N4OS2/c1-3-6-14-13-17-16-12(20-13)11(18)15-8-10-9(4-2)5-7-19-10/h5,7H,3-4,6,8H2,1-2H3,(H,14,17)(H,15,18). The van der Waals surface area contributed by atoms with E-state index in [1.165, 1.54) is 21.8 Å². The second-order valence-corrected chi connectivity index (χ2v) is 6.22. The molecule has 2 heterocycles. The molecule has 0 saturated heterocycles. The van der Waals surface area contributed by atoms with Crippen LogP contribution in [0.5, 0.6) is 0 Å². The average Bonchev–Trinajstić information content (AvgIpc) is 3.11. The van der Waals surface area contributed by atoms with Crippen molar-refractivity contribution in [3.63, 3.8) is 0 Å². The third kappa shape index (κ3) is 3.77. The molecule has 0 radical (unpaired) electrons. The minimum atomic E-state index is -0.164. The highest BCUT2D eigenvalue weighted by atomic mass is 32.1. The minimum Gasteiger partial charge on any atom is -0.360 e. The van der Waals surface area contributed by atoms with E-state index in [1.54, 1.807) is 11.3 Å². The Morgan fingerprint density at radius 3 is 2.95 bits per heavy atom. The third-order valence-electron chi connectivity index (χ3n) is 2.77. The van der Waals surface area contributed by atoms with E-state index < -0.39 is 0 Å². The van der Waals surface area contributed by atoms with E-state index in [2.05, 4.69) is 46.1 Å². The van der Waals surface area contributed by atoms with Gasteiger partial charge in [0, 0.05) is 11.4 Å². The maximum atomic E-state index is 12.0. The molecule has 0 bridgehead atoms. The molecule has 2 aromatic heterocycles. The zero-order chi connectivity index (χ0) is 14.4. The number of nitrogens with zero attached hydrogens (tertiary/aromatic N) is 2. The van der Waals surface area contributed by atoms with Crippen LogP contribution >= 0.6 is 22.7 Å². The van der Waals surface area contributed by atoms with Gasteiger partial charge in [0.2, 0.25) is 10.1 Å². The van der Waals surface area contributed by atoms with Crippen LogP contribution in [-0.2, 0) is 13.0 Å². The summed E-state index contributed by atoms with van der Waals surface area (Å²) >= 11 is 2.95. The molecule has 0 atom stereocenters. The molecule has 108 valence electrons. The number of aromatic nitrogens is 2. The molecule has 0 spiro atoms. The highest BCUT2D eigenvalue weighted by molar-refractivity contribution is 7.17. The Kier molecular flexibility index (Phi) is 5.49. The van der Waals surface area contributed by atoms with Crippen molar-refractivity contribution in [1.29, 1.82) is 0 Å². The quantitative estimate of drug-likeness (QED) is 0.825. The fourth-order valence-corrected chi connectivity index (χ4v) is 3.29. The molecule has 0 aromatic carbocycles. The average molecular weight is 310 g/mol. The molecule has 0 aliphatic heterocycles. The van der Waals surface area contributed by atoms with Gasteiger partial charge in [0.15, 0.2) is 0 Å². The van der Waals surface area contributed by atoms with E-state index in [-0.39, 0.29) is 5.91 Å². The third-order valence-corrected chi connectivity index (χ3v) is 4.62. The Morgan fingerprint density at radius 1 is 1.35 bits per heavy atom. The maximum Gasteiger partial charge on any atom is 0.282 e. The van der Waals surface area contributed by atoms with Crippen molar-refractivity contribution in [3.8, 4) is 0 Å². The van der Waals surface area contributed by atoms with Gasteiger partial charge in [-0.25, -0.2) is 0 Å². The number of nitrogens with one attached hydrogen (secondary N) is 2. The summed E-state index contributed by atoms with van der Waals surface area (Å²) in [5, 5.41) is 17.0. The summed E-state index contributed by atoms with van der Waals surface area (Å²) in [5.41, 5.74) is 1.29. The van der Waals surface area contributed by atoms with Crippen LogP contribution in [0.15, 0.2) is 11.4 Å². The summed E-state index contributed by atoms with van der Waals surface area (Å²) in [6, 6.07) is 2.10. The number of thiophene rings is 1. The van der Waals surface area contributed by atoms with E-state index in [0.29, 0.717) is 16.7 Å². The lowest BCUT2D eigenvalue weighted by Crippen LogP contribution is -2.22. The van der Waals surface area contributed by atoms with Crippen molar-refractivity contribution in [2.75, 3.05) is 11.9 Å². The van der Waals surface area contributed by atoms with Crippen LogP contribution in [0.3, 0.4) is 0 Å². The van der Waals surface area contributed by atoms with Crippen molar-refractivity contribution in [2.24, 2.45) is 0 Å². The van der Waals surface area contributed by atoms with Crippen LogP contribution in [0.1, 0.15) is 40.5 Å². The molecule has 2 aromatic rings. The van der Waals surface area contributed by atoms with Crippen LogP contribution in [0.25, 0.3) is 0 Å². The van der Waals surface area contributed by atoms with Crippen molar-refractivity contribution >= 4 is 33.7 Å². The first-order valence-electron chi connectivity index (χ1n) is 6.65. The van der Waals surface area contributed by atoms with Gasteiger partial charge in [0.05, 0.1) is 6.54 Å². The summed E-state index contributed by atoms with van der Waals surface area (Å²) in [6.07, 6.45) is 2.00. The van der Waals surface area contributed by atoms with Crippen LogP contribution in [-0.4, -0.2) is 22.6 Å². The zero-order valence-corrected chi connectivity index (χ0v) is 13.2. The first-order chi connectivity index (χ1) is 9.74. The topological polar surface area (TPSA) is 66.9 Å². The van der Waals surface area contributed by atoms with Crippen LogP contribution < -0.4 is 10.6 Å². The molecular weight excluding hydrogens is 292 g/mol. The normalized spacial score (nSPS) is 10.5. The molecule has 0 aliphatic carbocycles. The number of aryl methyl sites for hydroxylation is 1. The van der Waals surface area contributed by atoms with Gasteiger partial charge in [-0.1, -0.05) is 25.2 Å². The van der Waals surface area contributed by atoms with Crippen molar-refractivity contribution < 1.29 is 4.79 Å². The van der Waals surface area contributed by atoms with Gasteiger partial charge >= 0.3 is 0 Å². The van der Waals surface area contributed by atoms with Gasteiger partial charge in [0.1, 0.15) is 0 Å². The summed E-state index contributed by atoms with van der Waals surface area (Å²) in [4.78, 5) is 13.2. The predicted molar refractivity (Wildman–Crippen MR) is 83.6 cm³/mol. The number of amides is 1. The van der Waals surface area contributed by atoms with Gasteiger partial charge in [0.25, 0.3) is 5.91 Å². The molecular formula is C13H18N4OS2. The second kappa shape index (κ2) is 7.35. The molecule has 5 nitrogen and oxygen atoms in total. The summed E-state index contributed by atoms with van der Waals surface area (Å²) in [7, 11) is 0. The Morgan fingerprint density at radius 2 is 2.20 bits per heavy atom. The molecule has 1 amide bonds. The van der Waals surface area contributed by atoms with Crippen molar-refractivity contribution in [1.82, 2.24) is 15.5 Å². The molecule has 20 heavy (non-hydrogen) atoms. The number of anilines is 1. The SMILES string of the molecule is CCCNc1nnc(C(=O)NCc2sccc2CC)s1. The Hall–Kier alpha value is -1.47. The smallest absolute Gasteiger partial charge is 0.282 e. The maximum absolute atomic E-state index is 12.0. The lowest BCUT2D eigenvalue weighted by molar-refractivity contribution is 0.0950. The van der Waals surface area contributed by atoms with Crippen molar-refractivity contribution in [3.05, 3.63) is 26.9 Å². The van der Waals surface area contributed by atoms with E-state index in [0.717, 1.165) is 19.4 Å². The van der Waals surface area contributed by atoms with Gasteiger partial charge in [-0.2, -0.15) is 0 Å². The highest BCUT2D eigenvalue weighted by Gasteiger charge is 2.13. The Bertz CT molecular complexity index is 564. The number of rotatable bonds is 7. The van der Waals surface area contributed by atoms with Gasteiger partial charge in [-0.15, -0.1) is 21.5 Å². The Labute approximate surface area is 126 Å². The lowest BCUT2D eigenvalue weighted by atomic mass is 10.2. The molecule has 0 aliphatic rings. The first kappa shape index (κ1) is 14.9. The summed E-state index contributed by atoms with van der Waals surface area (Å²) < 4.78 is 0. The van der Waals surface area contributed by atoms with E-state index in [9.17, 15) is 4.79 Å². The summed E-state index contributed by atoms with van der Waals surface area (Å²) in [5.74, 6) is -0.164. The van der Waals surface area contributed by atoms with Gasteiger partial charge in [-0.3, -0.25) is 4.79 Å². The highest BCUT2D eigenvalue weighted by Crippen LogP contribution is 2.18. The van der Waals surface area contributed by atoms with E-state index >= 15 is 0 Å². The summed E-state index contributed by atoms with van der Waals surface area (Å²) in [6.45, 7) is 5.58. The minimum absolute atomic E-state index is 0.164. The number of hydrogen-bond donors (Lipinski definition) is 2. The molecule has 0 saturated carbocycles. The lowest BCUT2D eigenvalue weighted by Gasteiger charge is -2.02. The van der Waals surface area contributed by atoms with Gasteiger partial charge < -0.3 is 10.6 Å². The molecule has 0 unspecified atom stereocenters. The molecule has 0 fully saturated rings. The monoisotopic (exact) mass is 310 g/mol. The molecule has 2 N–H and O–H groups in total. The van der Waals surface area contributed by atoms with Crippen LogP contribution in [0.2, 0.25) is 0 Å². The van der Waals surface area contributed by atoms with E-state index in [1.807, 2.05) is 0 Å². The second-order valence-electron chi connectivity index (χ2n) is 4.24. The van der Waals surface area contributed by atoms with Crippen molar-refractivity contribution in [2.45, 2.75) is 33.2 Å². The number of carbonyl (C=O) groups is 1. The number of hydrogen-bond acceptors (Lipinski definition) is 6. The predicted octanol–water partition coefficient (Wildman–Crippen LogP) is 2.91. The largest absolute Gasteiger partial charge is 0.360 e. The fourth-order valence-electron chi connectivity index (χ4n) is 1.69. The molecule has 7 heteroatoms. The van der Waals surface area contributed by atoms with Crippen LogP contribution in [0, 0.1) is 0 Å². The number of carbonyl (C=O) groups excluding carboxylic acids is 1. The molecule has 2 rings (SSSR count). The Balaban J connectivity index is 1.90. The zero-order valence-electron chi connectivity index (χ0n) is 11.6. The van der Waals surface area contributed by atoms with Crippen LogP contribution in [0.4, 0.5) is 5.13 Å². The first-order valence-corrected chi connectivity index (χ1v) is 8.35. The fraction of sp³-hybridized carbons (Fsp3) is 0.462. The van der Waals surface area contributed by atoms with Gasteiger partial charge in [-0.05, 0) is 29.9 Å². The van der Waals surface area contributed by atoms with E-state index in [4.69, 9.17) is 0 Å².